The molecule has 0 saturated carbocycles. The fourth-order valence-electron chi connectivity index (χ4n) is 3.45. The van der Waals surface area contributed by atoms with Crippen LogP contribution in [0.4, 0.5) is 0 Å². The van der Waals surface area contributed by atoms with Crippen molar-refractivity contribution >= 4 is 11.1 Å². The van der Waals surface area contributed by atoms with Crippen LogP contribution >= 0.6 is 0 Å². The summed E-state index contributed by atoms with van der Waals surface area (Å²) in [5.74, 6) is 1.53. The molecule has 2 aromatic carbocycles. The van der Waals surface area contributed by atoms with Crippen LogP contribution in [0, 0.1) is 0 Å². The monoisotopic (exact) mass is 334 g/mol. The average Bonchev–Trinajstić information content (AvgIpc) is 2.68. The Morgan fingerprint density at radius 1 is 1.04 bits per heavy atom. The second-order valence-electron chi connectivity index (χ2n) is 6.59. The van der Waals surface area contributed by atoms with E-state index in [1.807, 2.05) is 0 Å². The number of hydrogen-bond acceptors (Lipinski definition) is 2. The molecule has 1 aliphatic carbocycles. The summed E-state index contributed by atoms with van der Waals surface area (Å²) >= 11 is 0. The maximum Gasteiger partial charge on any atom is 0.118 e. The standard InChI is InChI=1S/C23H26O2/c1-17(16-24-2)18-4-6-19(7-5-18)20-8-10-21(11-9-20)22-12-14-23(25-3)15-13-22/h4-8,12-15,21H,1,9-11,16H2,2-3H3. The fourth-order valence-corrected chi connectivity index (χ4v) is 3.45. The molecule has 0 fully saturated rings. The van der Waals surface area contributed by atoms with Crippen LogP contribution in [0.3, 0.4) is 0 Å². The maximum atomic E-state index is 5.25. The lowest BCUT2D eigenvalue weighted by molar-refractivity contribution is 0.240. The number of hydrogen-bond donors (Lipinski definition) is 0. The molecule has 2 heteroatoms. The largest absolute Gasteiger partial charge is 0.497 e. The quantitative estimate of drug-likeness (QED) is 0.674. The molecule has 1 unspecified atom stereocenters. The molecule has 1 aliphatic rings. The number of methoxy groups -OCH3 is 2. The molecular formula is C23H26O2. The molecular weight excluding hydrogens is 308 g/mol. The summed E-state index contributed by atoms with van der Waals surface area (Å²) in [4.78, 5) is 0. The van der Waals surface area contributed by atoms with Gasteiger partial charge in [0.2, 0.25) is 0 Å². The molecule has 0 amide bonds. The third-order valence-corrected chi connectivity index (χ3v) is 4.98. The molecule has 130 valence electrons. The summed E-state index contributed by atoms with van der Waals surface area (Å²) in [6.45, 7) is 4.64. The first-order valence-corrected chi connectivity index (χ1v) is 8.81. The zero-order valence-electron chi connectivity index (χ0n) is 15.1. The molecule has 3 rings (SSSR count). The molecule has 25 heavy (non-hydrogen) atoms. The van der Waals surface area contributed by atoms with Gasteiger partial charge < -0.3 is 9.47 Å². The van der Waals surface area contributed by atoms with Gasteiger partial charge >= 0.3 is 0 Å². The van der Waals surface area contributed by atoms with E-state index in [2.05, 4.69) is 61.2 Å². The first kappa shape index (κ1) is 17.5. The van der Waals surface area contributed by atoms with E-state index in [-0.39, 0.29) is 0 Å². The second kappa shape index (κ2) is 8.17. The van der Waals surface area contributed by atoms with Crippen LogP contribution in [-0.4, -0.2) is 20.8 Å². The minimum absolute atomic E-state index is 0.575. The summed E-state index contributed by atoms with van der Waals surface area (Å²) < 4.78 is 10.4. The highest BCUT2D eigenvalue weighted by atomic mass is 16.5. The van der Waals surface area contributed by atoms with E-state index < -0.39 is 0 Å². The van der Waals surface area contributed by atoms with Crippen LogP contribution in [0.15, 0.2) is 61.2 Å². The first-order chi connectivity index (χ1) is 12.2. The van der Waals surface area contributed by atoms with Crippen molar-refractivity contribution in [1.29, 1.82) is 0 Å². The van der Waals surface area contributed by atoms with Crippen molar-refractivity contribution < 1.29 is 9.47 Å². The van der Waals surface area contributed by atoms with E-state index in [1.165, 1.54) is 23.1 Å². The summed E-state index contributed by atoms with van der Waals surface area (Å²) in [6, 6.07) is 17.2. The van der Waals surface area contributed by atoms with Gasteiger partial charge in [-0.15, -0.1) is 0 Å². The van der Waals surface area contributed by atoms with Crippen molar-refractivity contribution in [2.75, 3.05) is 20.8 Å². The zero-order valence-corrected chi connectivity index (χ0v) is 15.1. The smallest absolute Gasteiger partial charge is 0.118 e. The SMILES string of the molecule is C=C(COC)c1ccc(C2=CCC(c3ccc(OC)cc3)CC2)cc1. The third-order valence-electron chi connectivity index (χ3n) is 4.98. The van der Waals surface area contributed by atoms with Crippen molar-refractivity contribution in [2.45, 2.75) is 25.2 Å². The number of benzene rings is 2. The number of rotatable bonds is 6. The van der Waals surface area contributed by atoms with Gasteiger partial charge in [-0.05, 0) is 65.1 Å². The van der Waals surface area contributed by atoms with Gasteiger partial charge in [0, 0.05) is 7.11 Å². The van der Waals surface area contributed by atoms with E-state index in [4.69, 9.17) is 9.47 Å². The van der Waals surface area contributed by atoms with Crippen LogP contribution in [0.1, 0.15) is 41.9 Å². The van der Waals surface area contributed by atoms with Gasteiger partial charge in [0.1, 0.15) is 5.75 Å². The number of ether oxygens (including phenoxy) is 2. The summed E-state index contributed by atoms with van der Waals surface area (Å²) in [5.41, 5.74) is 6.35. The topological polar surface area (TPSA) is 18.5 Å². The molecule has 0 heterocycles. The minimum Gasteiger partial charge on any atom is -0.497 e. The highest BCUT2D eigenvalue weighted by Gasteiger charge is 2.17. The lowest BCUT2D eigenvalue weighted by atomic mass is 9.82. The lowest BCUT2D eigenvalue weighted by Crippen LogP contribution is -2.04. The molecule has 2 nitrogen and oxygen atoms in total. The van der Waals surface area contributed by atoms with Crippen LogP contribution in [0.5, 0.6) is 5.75 Å². The Hall–Kier alpha value is -2.32. The van der Waals surface area contributed by atoms with E-state index >= 15 is 0 Å². The Kier molecular flexibility index (Phi) is 5.72. The van der Waals surface area contributed by atoms with Gasteiger partial charge in [0.05, 0.1) is 13.7 Å². The lowest BCUT2D eigenvalue weighted by Gasteiger charge is -2.23. The van der Waals surface area contributed by atoms with Gasteiger partial charge in [-0.1, -0.05) is 49.1 Å². The first-order valence-electron chi connectivity index (χ1n) is 8.81. The van der Waals surface area contributed by atoms with Crippen LogP contribution in [0.2, 0.25) is 0 Å². The van der Waals surface area contributed by atoms with Crippen molar-refractivity contribution in [3.05, 3.63) is 77.9 Å². The Morgan fingerprint density at radius 2 is 1.76 bits per heavy atom. The van der Waals surface area contributed by atoms with Crippen LogP contribution < -0.4 is 4.74 Å². The van der Waals surface area contributed by atoms with Crippen molar-refractivity contribution in [3.8, 4) is 5.75 Å². The fraction of sp³-hybridized carbons (Fsp3) is 0.304. The van der Waals surface area contributed by atoms with E-state index in [9.17, 15) is 0 Å². The molecule has 0 bridgehead atoms. The Balaban J connectivity index is 1.67. The van der Waals surface area contributed by atoms with Crippen LogP contribution in [-0.2, 0) is 4.74 Å². The van der Waals surface area contributed by atoms with Crippen molar-refractivity contribution in [3.63, 3.8) is 0 Å². The molecule has 0 aromatic heterocycles. The van der Waals surface area contributed by atoms with Crippen molar-refractivity contribution in [2.24, 2.45) is 0 Å². The van der Waals surface area contributed by atoms with Gasteiger partial charge in [0.15, 0.2) is 0 Å². The maximum absolute atomic E-state index is 5.25. The van der Waals surface area contributed by atoms with Gasteiger partial charge in [-0.3, -0.25) is 0 Å². The predicted molar refractivity (Wildman–Crippen MR) is 105 cm³/mol. The van der Waals surface area contributed by atoms with Gasteiger partial charge in [-0.2, -0.15) is 0 Å². The summed E-state index contributed by atoms with van der Waals surface area (Å²) in [6.07, 6.45) is 5.81. The molecule has 0 saturated heterocycles. The molecule has 0 N–H and O–H groups in total. The van der Waals surface area contributed by atoms with E-state index in [1.54, 1.807) is 14.2 Å². The molecule has 2 aromatic rings. The normalized spacial score (nSPS) is 17.0. The van der Waals surface area contributed by atoms with E-state index in [0.29, 0.717) is 12.5 Å². The highest BCUT2D eigenvalue weighted by Crippen LogP contribution is 2.36. The summed E-state index contributed by atoms with van der Waals surface area (Å²) in [7, 11) is 3.41. The molecule has 0 aliphatic heterocycles. The highest BCUT2D eigenvalue weighted by molar-refractivity contribution is 5.70. The second-order valence-corrected chi connectivity index (χ2v) is 6.59. The van der Waals surface area contributed by atoms with Gasteiger partial charge in [-0.25, -0.2) is 0 Å². The average molecular weight is 334 g/mol. The molecule has 0 radical (unpaired) electrons. The van der Waals surface area contributed by atoms with Gasteiger partial charge in [0.25, 0.3) is 0 Å². The number of allylic oxidation sites excluding steroid dienone is 2. The Labute approximate surface area is 150 Å². The minimum atomic E-state index is 0.575. The van der Waals surface area contributed by atoms with Crippen molar-refractivity contribution in [1.82, 2.24) is 0 Å². The Bertz CT molecular complexity index is 739. The van der Waals surface area contributed by atoms with Crippen LogP contribution in [0.25, 0.3) is 11.1 Å². The van der Waals surface area contributed by atoms with E-state index in [0.717, 1.165) is 29.7 Å². The summed E-state index contributed by atoms with van der Waals surface area (Å²) in [5, 5.41) is 0. The molecule has 1 atom stereocenters. The predicted octanol–water partition coefficient (Wildman–Crippen LogP) is 5.71. The third kappa shape index (κ3) is 4.21. The zero-order chi connectivity index (χ0) is 17.6. The molecule has 0 spiro atoms. The Morgan fingerprint density at radius 3 is 2.32 bits per heavy atom.